The lowest BCUT2D eigenvalue weighted by Gasteiger charge is -2.24. The molecule has 9 heteroatoms. The molecular formula is C19H22F3N3O3. The van der Waals surface area contributed by atoms with E-state index in [0.29, 0.717) is 12.1 Å². The summed E-state index contributed by atoms with van der Waals surface area (Å²) >= 11 is 0. The zero-order chi connectivity index (χ0) is 20.5. The van der Waals surface area contributed by atoms with Crippen LogP contribution >= 0.6 is 0 Å². The van der Waals surface area contributed by atoms with Crippen molar-refractivity contribution >= 4 is 5.91 Å². The Balaban J connectivity index is 1.62. The van der Waals surface area contributed by atoms with Gasteiger partial charge in [0, 0.05) is 19.0 Å². The predicted octanol–water partition coefficient (Wildman–Crippen LogP) is 3.27. The summed E-state index contributed by atoms with van der Waals surface area (Å²) in [6.07, 6.45) is -4.15. The van der Waals surface area contributed by atoms with Gasteiger partial charge in [0.2, 0.25) is 0 Å². The summed E-state index contributed by atoms with van der Waals surface area (Å²) in [6.45, 7) is 3.79. The van der Waals surface area contributed by atoms with E-state index in [2.05, 4.69) is 10.4 Å². The molecule has 1 aromatic carbocycles. The number of nitrogens with one attached hydrogen (secondary N) is 1. The van der Waals surface area contributed by atoms with Crippen LogP contribution in [0.15, 0.2) is 24.3 Å². The van der Waals surface area contributed by atoms with Crippen LogP contribution in [0.2, 0.25) is 0 Å². The van der Waals surface area contributed by atoms with Crippen LogP contribution in [-0.2, 0) is 24.4 Å². The van der Waals surface area contributed by atoms with Crippen molar-refractivity contribution in [3.63, 3.8) is 0 Å². The largest absolute Gasteiger partial charge is 0.491 e. The molecule has 0 unspecified atom stereocenters. The molecule has 0 bridgehead atoms. The van der Waals surface area contributed by atoms with Gasteiger partial charge in [0.05, 0.1) is 30.0 Å². The van der Waals surface area contributed by atoms with E-state index in [1.165, 1.54) is 22.9 Å². The molecule has 28 heavy (non-hydrogen) atoms. The molecule has 0 spiro atoms. The number of carbonyl (C=O) groups excluding carboxylic acids is 1. The Morgan fingerprint density at radius 3 is 2.79 bits per heavy atom. The number of aromatic nitrogens is 2. The van der Waals surface area contributed by atoms with Crippen molar-refractivity contribution in [1.82, 2.24) is 15.1 Å². The number of nitrogens with zero attached hydrogens (tertiary/aromatic N) is 2. The number of ether oxygens (including phenoxy) is 2. The van der Waals surface area contributed by atoms with Gasteiger partial charge in [-0.3, -0.25) is 9.48 Å². The summed E-state index contributed by atoms with van der Waals surface area (Å²) in [5.41, 5.74) is 1.17. The van der Waals surface area contributed by atoms with Gasteiger partial charge in [-0.1, -0.05) is 12.1 Å². The van der Waals surface area contributed by atoms with Crippen LogP contribution in [0, 0.1) is 0 Å². The van der Waals surface area contributed by atoms with Gasteiger partial charge in [-0.05, 0) is 26.0 Å². The average Bonchev–Trinajstić information content (AvgIpc) is 2.94. The standard InChI is InChI=1S/C19H22F3N3O3/c1-11-10-13-16(12(2)28-11)24-25(3)17(13)18(26)23-8-9-27-15-7-5-4-6-14(15)19(20,21)22/h4-7,11-12H,8-10H2,1-3H3,(H,23,26)/t11-,12+/m1/s1. The van der Waals surface area contributed by atoms with E-state index in [1.807, 2.05) is 13.8 Å². The number of alkyl halides is 3. The second-order valence-corrected chi connectivity index (χ2v) is 6.73. The molecule has 0 saturated carbocycles. The first kappa shape index (κ1) is 20.2. The SMILES string of the molecule is C[C@@H]1Cc2c(nn(C)c2C(=O)NCCOc2ccccc2C(F)(F)F)[C@H](C)O1. The first-order valence-corrected chi connectivity index (χ1v) is 8.97. The lowest BCUT2D eigenvalue weighted by molar-refractivity contribution is -0.138. The lowest BCUT2D eigenvalue weighted by Crippen LogP contribution is -2.31. The zero-order valence-electron chi connectivity index (χ0n) is 15.8. The average molecular weight is 397 g/mol. The Morgan fingerprint density at radius 1 is 1.36 bits per heavy atom. The highest BCUT2D eigenvalue weighted by atomic mass is 19.4. The molecule has 2 heterocycles. The Bertz CT molecular complexity index is 864. The smallest absolute Gasteiger partial charge is 0.419 e. The van der Waals surface area contributed by atoms with E-state index in [0.717, 1.165) is 17.3 Å². The number of carbonyl (C=O) groups is 1. The van der Waals surface area contributed by atoms with Gasteiger partial charge in [-0.25, -0.2) is 0 Å². The van der Waals surface area contributed by atoms with Gasteiger partial charge in [-0.2, -0.15) is 18.3 Å². The third kappa shape index (κ3) is 4.14. The third-order valence-electron chi connectivity index (χ3n) is 4.54. The van der Waals surface area contributed by atoms with Gasteiger partial charge in [0.25, 0.3) is 5.91 Å². The molecule has 1 aliphatic heterocycles. The molecule has 152 valence electrons. The van der Waals surface area contributed by atoms with E-state index in [-0.39, 0.29) is 37.0 Å². The maximum absolute atomic E-state index is 13.0. The van der Waals surface area contributed by atoms with E-state index in [9.17, 15) is 18.0 Å². The fourth-order valence-electron chi connectivity index (χ4n) is 3.38. The Kier molecular flexibility index (Phi) is 5.64. The highest BCUT2D eigenvalue weighted by Crippen LogP contribution is 2.35. The summed E-state index contributed by atoms with van der Waals surface area (Å²) in [4.78, 5) is 12.6. The minimum Gasteiger partial charge on any atom is -0.491 e. The van der Waals surface area contributed by atoms with Gasteiger partial charge in [0.15, 0.2) is 0 Å². The number of halogens is 3. The predicted molar refractivity (Wildman–Crippen MR) is 95.1 cm³/mol. The fraction of sp³-hybridized carbons (Fsp3) is 0.474. The summed E-state index contributed by atoms with van der Waals surface area (Å²) in [5, 5.41) is 7.06. The van der Waals surface area contributed by atoms with Crippen molar-refractivity contribution in [1.29, 1.82) is 0 Å². The molecule has 1 aliphatic rings. The number of benzene rings is 1. The lowest BCUT2D eigenvalue weighted by atomic mass is 9.99. The molecule has 2 aromatic rings. The van der Waals surface area contributed by atoms with Crippen LogP contribution in [0.25, 0.3) is 0 Å². The van der Waals surface area contributed by atoms with Gasteiger partial charge >= 0.3 is 6.18 Å². The number of hydrogen-bond donors (Lipinski definition) is 1. The second kappa shape index (κ2) is 7.83. The molecule has 0 radical (unpaired) electrons. The van der Waals surface area contributed by atoms with E-state index < -0.39 is 11.7 Å². The summed E-state index contributed by atoms with van der Waals surface area (Å²) < 4.78 is 51.4. The topological polar surface area (TPSA) is 65.4 Å². The number of amides is 1. The Labute approximate surface area is 160 Å². The van der Waals surface area contributed by atoms with Crippen molar-refractivity contribution in [2.75, 3.05) is 13.2 Å². The summed E-state index contributed by atoms with van der Waals surface area (Å²) in [5.74, 6) is -0.604. The molecule has 6 nitrogen and oxygen atoms in total. The molecule has 0 fully saturated rings. The quantitative estimate of drug-likeness (QED) is 0.787. The Hall–Kier alpha value is -2.55. The molecule has 1 N–H and O–H groups in total. The minimum absolute atomic E-state index is 0.0274. The molecule has 1 aromatic heterocycles. The molecular weight excluding hydrogens is 375 g/mol. The first-order valence-electron chi connectivity index (χ1n) is 8.97. The van der Waals surface area contributed by atoms with Crippen molar-refractivity contribution in [3.05, 3.63) is 46.8 Å². The van der Waals surface area contributed by atoms with Crippen LogP contribution in [-0.4, -0.2) is 34.9 Å². The number of rotatable bonds is 5. The molecule has 2 atom stereocenters. The van der Waals surface area contributed by atoms with Gasteiger partial charge < -0.3 is 14.8 Å². The number of para-hydroxylation sites is 1. The zero-order valence-corrected chi connectivity index (χ0v) is 15.8. The van der Waals surface area contributed by atoms with Crippen molar-refractivity contribution in [2.24, 2.45) is 7.05 Å². The second-order valence-electron chi connectivity index (χ2n) is 6.73. The maximum atomic E-state index is 13.0. The third-order valence-corrected chi connectivity index (χ3v) is 4.54. The first-order chi connectivity index (χ1) is 13.2. The Morgan fingerprint density at radius 2 is 2.07 bits per heavy atom. The van der Waals surface area contributed by atoms with Crippen LogP contribution in [0.5, 0.6) is 5.75 Å². The monoisotopic (exact) mass is 397 g/mol. The van der Waals surface area contributed by atoms with Crippen LogP contribution in [0.4, 0.5) is 13.2 Å². The summed E-state index contributed by atoms with van der Waals surface area (Å²) in [6, 6.07) is 4.98. The highest BCUT2D eigenvalue weighted by molar-refractivity contribution is 5.94. The van der Waals surface area contributed by atoms with Gasteiger partial charge in [-0.15, -0.1) is 0 Å². The number of aryl methyl sites for hydroxylation is 1. The molecule has 3 rings (SSSR count). The normalized spacial score (nSPS) is 19.2. The number of fused-ring (bicyclic) bond motifs is 1. The van der Waals surface area contributed by atoms with Crippen LogP contribution in [0.1, 0.15) is 47.3 Å². The molecule has 0 aliphatic carbocycles. The maximum Gasteiger partial charge on any atom is 0.419 e. The van der Waals surface area contributed by atoms with E-state index >= 15 is 0 Å². The van der Waals surface area contributed by atoms with E-state index in [1.54, 1.807) is 7.05 Å². The number of hydrogen-bond acceptors (Lipinski definition) is 4. The van der Waals surface area contributed by atoms with E-state index in [4.69, 9.17) is 9.47 Å². The van der Waals surface area contributed by atoms with Crippen molar-refractivity contribution in [3.8, 4) is 5.75 Å². The van der Waals surface area contributed by atoms with Crippen LogP contribution in [0.3, 0.4) is 0 Å². The van der Waals surface area contributed by atoms with Crippen molar-refractivity contribution in [2.45, 2.75) is 38.7 Å². The molecule has 1 amide bonds. The fourth-order valence-corrected chi connectivity index (χ4v) is 3.38. The summed E-state index contributed by atoms with van der Waals surface area (Å²) in [7, 11) is 1.68. The van der Waals surface area contributed by atoms with Gasteiger partial charge in [0.1, 0.15) is 18.1 Å². The molecule has 0 saturated heterocycles. The van der Waals surface area contributed by atoms with Crippen LogP contribution < -0.4 is 10.1 Å². The highest BCUT2D eigenvalue weighted by Gasteiger charge is 2.34. The minimum atomic E-state index is -4.50. The van der Waals surface area contributed by atoms with Crippen molar-refractivity contribution < 1.29 is 27.4 Å².